The van der Waals surface area contributed by atoms with Crippen molar-refractivity contribution in [3.8, 4) is 0 Å². The Hall–Kier alpha value is -3.13. The number of pyridine rings is 1. The third kappa shape index (κ3) is 5.96. The quantitative estimate of drug-likeness (QED) is 0.269. The van der Waals surface area contributed by atoms with Gasteiger partial charge in [0.05, 0.1) is 23.4 Å². The molecule has 3 heterocycles. The first-order valence-electron chi connectivity index (χ1n) is 12.5. The van der Waals surface area contributed by atoms with Gasteiger partial charge in [0.15, 0.2) is 26.8 Å². The second kappa shape index (κ2) is 11.3. The number of anilines is 2. The molecular weight excluding hydrogens is 528 g/mol. The first-order chi connectivity index (χ1) is 18.3. The Morgan fingerprint density at radius 3 is 2.66 bits per heavy atom. The number of benzene rings is 1. The van der Waals surface area contributed by atoms with E-state index in [1.54, 1.807) is 12.1 Å². The predicted octanol–water partition coefficient (Wildman–Crippen LogP) is 2.43. The Bertz CT molecular complexity index is 1430. The van der Waals surface area contributed by atoms with Gasteiger partial charge in [-0.25, -0.2) is 18.4 Å². The second-order valence-corrected chi connectivity index (χ2v) is 12.5. The number of hydrogen-bond donors (Lipinski definition) is 2. The molecule has 0 radical (unpaired) electrons. The summed E-state index contributed by atoms with van der Waals surface area (Å²) < 4.78 is 30.5. The van der Waals surface area contributed by atoms with Gasteiger partial charge >= 0.3 is 0 Å². The van der Waals surface area contributed by atoms with Gasteiger partial charge in [0.2, 0.25) is 0 Å². The summed E-state index contributed by atoms with van der Waals surface area (Å²) in [4.78, 5) is 31.1. The van der Waals surface area contributed by atoms with Gasteiger partial charge in [-0.1, -0.05) is 28.6 Å². The SMILES string of the molecule is CNCCN(C)c1ccc2nc(NC(=O)/C(=N/O[C@@H]3CCOC3)c3ccc(S(=O)(=O)C4CC4)cc3)sc2n1. The number of carbonyl (C=O) groups excluding carboxylic acids is 1. The number of amides is 1. The number of oxime groups is 1. The van der Waals surface area contributed by atoms with Crippen LogP contribution in [0.5, 0.6) is 0 Å². The highest BCUT2D eigenvalue weighted by Crippen LogP contribution is 2.33. The monoisotopic (exact) mass is 558 g/mol. The van der Waals surface area contributed by atoms with Crippen molar-refractivity contribution in [2.45, 2.75) is 35.5 Å². The summed E-state index contributed by atoms with van der Waals surface area (Å²) in [5.74, 6) is 0.289. The molecule has 1 aliphatic carbocycles. The van der Waals surface area contributed by atoms with Crippen molar-refractivity contribution in [2.24, 2.45) is 5.16 Å². The molecule has 1 aromatic carbocycles. The largest absolute Gasteiger partial charge is 0.389 e. The maximum absolute atomic E-state index is 13.3. The molecule has 38 heavy (non-hydrogen) atoms. The Morgan fingerprint density at radius 2 is 1.97 bits per heavy atom. The van der Waals surface area contributed by atoms with E-state index >= 15 is 0 Å². The van der Waals surface area contributed by atoms with Gasteiger partial charge in [-0.2, -0.15) is 0 Å². The number of nitrogens with zero attached hydrogens (tertiary/aromatic N) is 4. The van der Waals surface area contributed by atoms with Gasteiger partial charge in [-0.05, 0) is 44.2 Å². The summed E-state index contributed by atoms with van der Waals surface area (Å²) in [5.41, 5.74) is 1.12. The van der Waals surface area contributed by atoms with Crippen LogP contribution in [0.2, 0.25) is 0 Å². The molecular formula is C25H30N6O5S2. The van der Waals surface area contributed by atoms with Crippen molar-refractivity contribution in [3.05, 3.63) is 42.0 Å². The van der Waals surface area contributed by atoms with E-state index in [4.69, 9.17) is 9.57 Å². The van der Waals surface area contributed by atoms with Crippen molar-refractivity contribution in [2.75, 3.05) is 50.6 Å². The number of nitrogens with one attached hydrogen (secondary N) is 2. The predicted molar refractivity (Wildman–Crippen MR) is 147 cm³/mol. The molecule has 1 amide bonds. The van der Waals surface area contributed by atoms with Crippen LogP contribution in [0.25, 0.3) is 10.3 Å². The third-order valence-electron chi connectivity index (χ3n) is 6.37. The lowest BCUT2D eigenvalue weighted by Crippen LogP contribution is -2.27. The number of sulfone groups is 1. The molecule has 0 unspecified atom stereocenters. The summed E-state index contributed by atoms with van der Waals surface area (Å²) >= 11 is 1.26. The molecule has 2 aromatic heterocycles. The molecule has 1 aliphatic heterocycles. The van der Waals surface area contributed by atoms with Crippen LogP contribution in [0.1, 0.15) is 24.8 Å². The number of aromatic nitrogens is 2. The van der Waals surface area contributed by atoms with E-state index in [0.717, 1.165) is 18.9 Å². The van der Waals surface area contributed by atoms with E-state index in [-0.39, 0.29) is 22.0 Å². The van der Waals surface area contributed by atoms with E-state index in [2.05, 4.69) is 25.8 Å². The first-order valence-corrected chi connectivity index (χ1v) is 14.8. The van der Waals surface area contributed by atoms with Crippen LogP contribution >= 0.6 is 11.3 Å². The Labute approximate surface area is 225 Å². The van der Waals surface area contributed by atoms with E-state index in [1.165, 1.54) is 23.5 Å². The van der Waals surface area contributed by atoms with Crippen LogP contribution in [-0.4, -0.2) is 81.8 Å². The highest BCUT2D eigenvalue weighted by Gasteiger charge is 2.36. The Balaban J connectivity index is 1.37. The lowest BCUT2D eigenvalue weighted by atomic mass is 10.1. The molecule has 2 fully saturated rings. The van der Waals surface area contributed by atoms with Crippen molar-refractivity contribution >= 4 is 54.1 Å². The topological polar surface area (TPSA) is 135 Å². The van der Waals surface area contributed by atoms with Crippen LogP contribution in [0, 0.1) is 0 Å². The average molecular weight is 559 g/mol. The maximum Gasteiger partial charge on any atom is 0.280 e. The second-order valence-electron chi connectivity index (χ2n) is 9.29. The van der Waals surface area contributed by atoms with Gasteiger partial charge in [-0.15, -0.1) is 0 Å². The van der Waals surface area contributed by atoms with Crippen LogP contribution in [0.15, 0.2) is 46.4 Å². The molecule has 13 heteroatoms. The minimum Gasteiger partial charge on any atom is -0.389 e. The van der Waals surface area contributed by atoms with Crippen LogP contribution in [-0.2, 0) is 24.2 Å². The molecule has 1 atom stereocenters. The smallest absolute Gasteiger partial charge is 0.280 e. The first kappa shape index (κ1) is 26.5. The van der Waals surface area contributed by atoms with Gasteiger partial charge in [0, 0.05) is 32.1 Å². The average Bonchev–Trinajstić information content (AvgIpc) is 3.52. The molecule has 1 saturated carbocycles. The Morgan fingerprint density at radius 1 is 1.18 bits per heavy atom. The number of likely N-dealkylation sites (N-methyl/N-ethyl adjacent to an activating group) is 2. The molecule has 0 spiro atoms. The molecule has 3 aromatic rings. The van der Waals surface area contributed by atoms with Crippen molar-refractivity contribution in [3.63, 3.8) is 0 Å². The van der Waals surface area contributed by atoms with E-state index < -0.39 is 15.7 Å². The third-order valence-corrected chi connectivity index (χ3v) is 9.52. The lowest BCUT2D eigenvalue weighted by molar-refractivity contribution is -0.110. The van der Waals surface area contributed by atoms with Crippen molar-refractivity contribution < 1.29 is 22.8 Å². The molecule has 2 aliphatic rings. The lowest BCUT2D eigenvalue weighted by Gasteiger charge is -2.17. The van der Waals surface area contributed by atoms with Crippen molar-refractivity contribution in [1.82, 2.24) is 15.3 Å². The zero-order chi connectivity index (χ0) is 26.7. The van der Waals surface area contributed by atoms with Gasteiger partial charge < -0.3 is 19.8 Å². The molecule has 1 saturated heterocycles. The van der Waals surface area contributed by atoms with Crippen LogP contribution in [0.3, 0.4) is 0 Å². The summed E-state index contributed by atoms with van der Waals surface area (Å²) in [7, 11) is 0.524. The fourth-order valence-corrected chi connectivity index (χ4v) is 6.43. The summed E-state index contributed by atoms with van der Waals surface area (Å²) in [5, 5.41) is 10.1. The number of thiazole rings is 1. The van der Waals surface area contributed by atoms with Crippen LogP contribution < -0.4 is 15.5 Å². The Kier molecular flexibility index (Phi) is 7.88. The minimum absolute atomic E-state index is 0.0203. The van der Waals surface area contributed by atoms with Crippen LogP contribution in [0.4, 0.5) is 10.9 Å². The van der Waals surface area contributed by atoms with Gasteiger partial charge in [-0.3, -0.25) is 10.1 Å². The summed E-state index contributed by atoms with van der Waals surface area (Å²) in [6, 6.07) is 9.95. The van der Waals surface area contributed by atoms with Gasteiger partial charge in [0.1, 0.15) is 16.2 Å². The summed E-state index contributed by atoms with van der Waals surface area (Å²) in [6.45, 7) is 2.58. The zero-order valence-corrected chi connectivity index (χ0v) is 22.8. The zero-order valence-electron chi connectivity index (χ0n) is 21.2. The normalized spacial score (nSPS) is 18.1. The maximum atomic E-state index is 13.3. The number of hydrogen-bond acceptors (Lipinski definition) is 11. The van der Waals surface area contributed by atoms with E-state index in [1.807, 2.05) is 31.1 Å². The van der Waals surface area contributed by atoms with Gasteiger partial charge in [0.25, 0.3) is 5.91 Å². The molecule has 202 valence electrons. The molecule has 11 nitrogen and oxygen atoms in total. The molecule has 0 bridgehead atoms. The van der Waals surface area contributed by atoms with Crippen molar-refractivity contribution in [1.29, 1.82) is 0 Å². The summed E-state index contributed by atoms with van der Waals surface area (Å²) in [6.07, 6.45) is 1.78. The number of carbonyl (C=O) groups is 1. The number of ether oxygens (including phenoxy) is 1. The molecule has 5 rings (SSSR count). The minimum atomic E-state index is -3.34. The standard InChI is InChI=1S/C25H30N6O5S2/c1-26-12-13-31(2)21-10-9-20-24(28-21)37-25(27-20)29-23(32)22(30-36-17-11-14-35-15-17)16-3-5-18(6-4-16)38(33,34)19-7-8-19/h3-6,9-10,17,19,26H,7-8,11-15H2,1-2H3,(H,27,29,32)/b30-22+/t17-/m1/s1. The highest BCUT2D eigenvalue weighted by molar-refractivity contribution is 7.92. The molecule has 2 N–H and O–H groups in total. The van der Waals surface area contributed by atoms with E-state index in [9.17, 15) is 13.2 Å². The van der Waals surface area contributed by atoms with E-state index in [0.29, 0.717) is 53.5 Å². The fourth-order valence-electron chi connectivity index (χ4n) is 3.95. The number of rotatable bonds is 11. The highest BCUT2D eigenvalue weighted by atomic mass is 32.2. The number of fused-ring (bicyclic) bond motifs is 1. The fraction of sp³-hybridized carbons (Fsp3) is 0.440.